The number of β-lactam (4-membered cyclic amide) rings is 1. The molecule has 0 radical (unpaired) electrons. The van der Waals surface area contributed by atoms with Crippen molar-refractivity contribution in [2.24, 2.45) is 11.8 Å². The lowest BCUT2D eigenvalue weighted by molar-refractivity contribution is -0.160. The molecule has 2 fully saturated rings. The molecule has 0 unspecified atom stereocenters. The molecule has 178 valence electrons. The molecule has 0 aromatic heterocycles. The summed E-state index contributed by atoms with van der Waals surface area (Å²) in [6, 6.07) is -0.155. The van der Waals surface area contributed by atoms with Gasteiger partial charge in [0.25, 0.3) is 0 Å². The number of carbonyl (C=O) groups is 3. The number of aliphatic carboxylic acids is 1. The van der Waals surface area contributed by atoms with Gasteiger partial charge in [0, 0.05) is 13.1 Å². The van der Waals surface area contributed by atoms with Gasteiger partial charge >= 0.3 is 12.1 Å². The molecule has 32 heavy (non-hydrogen) atoms. The predicted octanol–water partition coefficient (Wildman–Crippen LogP) is 3.61. The molecule has 0 aliphatic carbocycles. The zero-order chi connectivity index (χ0) is 24.0. The molecule has 3 aliphatic heterocycles. The lowest BCUT2D eigenvalue weighted by Crippen LogP contribution is -2.63. The first-order valence-electron chi connectivity index (χ1n) is 11.3. The quantitative estimate of drug-likeness (QED) is 0.335. The van der Waals surface area contributed by atoms with Gasteiger partial charge in [0.2, 0.25) is 5.91 Å². The van der Waals surface area contributed by atoms with Crippen LogP contribution in [0.2, 0.25) is 18.1 Å². The Morgan fingerprint density at radius 3 is 2.47 bits per heavy atom. The van der Waals surface area contributed by atoms with Crippen LogP contribution in [-0.2, 0) is 18.8 Å². The summed E-state index contributed by atoms with van der Waals surface area (Å²) < 4.78 is 11.5. The van der Waals surface area contributed by atoms with Crippen LogP contribution in [0.15, 0.2) is 23.9 Å². The van der Waals surface area contributed by atoms with E-state index < -0.39 is 14.3 Å². The molecule has 0 aromatic carbocycles. The van der Waals surface area contributed by atoms with Crippen LogP contribution < -0.4 is 0 Å². The van der Waals surface area contributed by atoms with E-state index in [1.165, 1.54) is 11.0 Å². The topological polar surface area (TPSA) is 96.4 Å². The minimum atomic E-state index is -2.05. The Morgan fingerprint density at radius 2 is 1.94 bits per heavy atom. The standard InChI is InChI=1S/C23H36N2O6Si/c1-8-9-30-22(29)24-12-15(13-24)10-16-11-17-18(20(26)25(17)19(16)21(27)28)14(2)31-32(6,7)23(3,4)5/h8,14-15,17-18H,1,9-13H2,2-7H3,(H,27,28)/t14-,17-,18-/m1/s1. The van der Waals surface area contributed by atoms with Crippen molar-refractivity contribution in [2.75, 3.05) is 19.7 Å². The Labute approximate surface area is 191 Å². The van der Waals surface area contributed by atoms with Crippen LogP contribution in [0.5, 0.6) is 0 Å². The van der Waals surface area contributed by atoms with Gasteiger partial charge in [0.1, 0.15) is 12.3 Å². The number of nitrogens with zero attached hydrogens (tertiary/aromatic N) is 2. The Kier molecular flexibility index (Phi) is 6.64. The van der Waals surface area contributed by atoms with E-state index in [0.717, 1.165) is 5.57 Å². The summed E-state index contributed by atoms with van der Waals surface area (Å²) >= 11 is 0. The molecule has 3 rings (SSSR count). The number of hydrogen-bond acceptors (Lipinski definition) is 5. The highest BCUT2D eigenvalue weighted by atomic mass is 28.4. The van der Waals surface area contributed by atoms with Gasteiger partial charge in [-0.2, -0.15) is 0 Å². The lowest BCUT2D eigenvalue weighted by atomic mass is 9.82. The van der Waals surface area contributed by atoms with E-state index in [9.17, 15) is 19.5 Å². The van der Waals surface area contributed by atoms with Gasteiger partial charge < -0.3 is 24.1 Å². The van der Waals surface area contributed by atoms with Crippen molar-refractivity contribution in [3.05, 3.63) is 23.9 Å². The highest BCUT2D eigenvalue weighted by Gasteiger charge is 2.58. The van der Waals surface area contributed by atoms with E-state index in [2.05, 4.69) is 40.4 Å². The van der Waals surface area contributed by atoms with Gasteiger partial charge in [-0.15, -0.1) is 0 Å². The molecule has 0 spiro atoms. The summed E-state index contributed by atoms with van der Waals surface area (Å²) in [6.07, 6.45) is 2.01. The van der Waals surface area contributed by atoms with Crippen LogP contribution in [0, 0.1) is 11.8 Å². The number of carboxylic acids is 1. The monoisotopic (exact) mass is 464 g/mol. The summed E-state index contributed by atoms with van der Waals surface area (Å²) in [6.45, 7) is 17.5. The van der Waals surface area contributed by atoms with Gasteiger partial charge in [-0.25, -0.2) is 9.59 Å². The first-order chi connectivity index (χ1) is 14.8. The minimum absolute atomic E-state index is 0.0297. The smallest absolute Gasteiger partial charge is 0.410 e. The highest BCUT2D eigenvalue weighted by Crippen LogP contribution is 2.48. The van der Waals surface area contributed by atoms with Crippen molar-refractivity contribution >= 4 is 26.3 Å². The second-order valence-electron chi connectivity index (χ2n) is 10.7. The van der Waals surface area contributed by atoms with Crippen LogP contribution in [0.3, 0.4) is 0 Å². The average molecular weight is 465 g/mol. The van der Waals surface area contributed by atoms with Gasteiger partial charge in [-0.1, -0.05) is 33.4 Å². The molecule has 9 heteroatoms. The number of likely N-dealkylation sites (tertiary alicyclic amines) is 1. The second kappa shape index (κ2) is 8.66. The zero-order valence-electron chi connectivity index (χ0n) is 20.0. The van der Waals surface area contributed by atoms with Crippen LogP contribution in [-0.4, -0.2) is 73.0 Å². The minimum Gasteiger partial charge on any atom is -0.477 e. The number of amides is 2. The van der Waals surface area contributed by atoms with E-state index in [4.69, 9.17) is 9.16 Å². The number of fused-ring (bicyclic) bond motifs is 1. The molecular weight excluding hydrogens is 428 g/mol. The maximum atomic E-state index is 13.0. The lowest BCUT2D eigenvalue weighted by Gasteiger charge is -2.48. The average Bonchev–Trinajstić information content (AvgIpc) is 2.95. The predicted molar refractivity (Wildman–Crippen MR) is 122 cm³/mol. The van der Waals surface area contributed by atoms with E-state index in [1.807, 2.05) is 6.92 Å². The molecule has 1 N–H and O–H groups in total. The molecule has 0 saturated carbocycles. The van der Waals surface area contributed by atoms with Gasteiger partial charge in [0.05, 0.1) is 18.1 Å². The fraction of sp³-hybridized carbons (Fsp3) is 0.696. The molecule has 8 nitrogen and oxygen atoms in total. The first-order valence-corrected chi connectivity index (χ1v) is 14.2. The Morgan fingerprint density at radius 1 is 1.31 bits per heavy atom. The van der Waals surface area contributed by atoms with E-state index in [1.54, 1.807) is 4.90 Å². The maximum Gasteiger partial charge on any atom is 0.410 e. The van der Waals surface area contributed by atoms with E-state index in [0.29, 0.717) is 25.9 Å². The third-order valence-corrected chi connectivity index (χ3v) is 11.9. The number of rotatable bonds is 8. The van der Waals surface area contributed by atoms with Crippen molar-refractivity contribution in [1.29, 1.82) is 0 Å². The second-order valence-corrected chi connectivity index (χ2v) is 15.4. The van der Waals surface area contributed by atoms with Crippen molar-refractivity contribution in [3.63, 3.8) is 0 Å². The fourth-order valence-corrected chi connectivity index (χ4v) is 6.09. The van der Waals surface area contributed by atoms with E-state index in [-0.39, 0.29) is 53.3 Å². The SMILES string of the molecule is C=CCOC(=O)N1CC(CC2=C(C(=O)O)N3C(=O)[C@H]([C@@H](C)O[Si](C)(C)C(C)(C)C)[C@H]3C2)C1. The van der Waals surface area contributed by atoms with Gasteiger partial charge in [-0.05, 0) is 49.4 Å². The zero-order valence-corrected chi connectivity index (χ0v) is 21.0. The van der Waals surface area contributed by atoms with Gasteiger partial charge in [0.15, 0.2) is 8.32 Å². The van der Waals surface area contributed by atoms with Crippen LogP contribution >= 0.6 is 0 Å². The molecule has 2 amide bonds. The number of carboxylic acid groups (broad SMARTS) is 1. The Balaban J connectivity index is 1.64. The first kappa shape index (κ1) is 24.5. The van der Waals surface area contributed by atoms with Crippen LogP contribution in [0.1, 0.15) is 40.5 Å². The van der Waals surface area contributed by atoms with Crippen molar-refractivity contribution in [2.45, 2.75) is 70.8 Å². The molecule has 3 heterocycles. The number of hydrogen-bond donors (Lipinski definition) is 1. The summed E-state index contributed by atoms with van der Waals surface area (Å²) in [5, 5.41) is 9.84. The van der Waals surface area contributed by atoms with Crippen molar-refractivity contribution in [1.82, 2.24) is 9.80 Å². The summed E-state index contributed by atoms with van der Waals surface area (Å²) in [5.41, 5.74) is 0.922. The Hall–Kier alpha value is -2.13. The largest absolute Gasteiger partial charge is 0.477 e. The van der Waals surface area contributed by atoms with Crippen LogP contribution in [0.25, 0.3) is 0 Å². The molecule has 2 saturated heterocycles. The van der Waals surface area contributed by atoms with E-state index >= 15 is 0 Å². The summed E-state index contributed by atoms with van der Waals surface area (Å²) in [4.78, 5) is 39.9. The molecule has 3 aliphatic rings. The third kappa shape index (κ3) is 4.37. The number of carbonyl (C=O) groups excluding carboxylic acids is 2. The molecular formula is C23H36N2O6Si. The van der Waals surface area contributed by atoms with Crippen molar-refractivity contribution in [3.8, 4) is 0 Å². The summed E-state index contributed by atoms with van der Waals surface area (Å²) in [5.74, 6) is -1.36. The highest BCUT2D eigenvalue weighted by molar-refractivity contribution is 6.74. The molecule has 0 aromatic rings. The maximum absolute atomic E-state index is 13.0. The van der Waals surface area contributed by atoms with Crippen LogP contribution in [0.4, 0.5) is 4.79 Å². The van der Waals surface area contributed by atoms with Crippen molar-refractivity contribution < 1.29 is 28.7 Å². The normalized spacial score (nSPS) is 24.6. The van der Waals surface area contributed by atoms with Gasteiger partial charge in [-0.3, -0.25) is 4.79 Å². The Bertz CT molecular complexity index is 840. The third-order valence-electron chi connectivity index (χ3n) is 7.37. The number of ether oxygens (including phenoxy) is 1. The fourth-order valence-electron chi connectivity index (χ4n) is 4.66. The molecule has 0 bridgehead atoms. The summed E-state index contributed by atoms with van der Waals surface area (Å²) in [7, 11) is -2.05. The molecule has 3 atom stereocenters.